The first-order valence-corrected chi connectivity index (χ1v) is 11.5. The minimum absolute atomic E-state index is 0.0104. The molecule has 3 rings (SSSR count). The minimum Gasteiger partial charge on any atom is -0.378 e. The van der Waals surface area contributed by atoms with Crippen LogP contribution in [-0.4, -0.2) is 38.0 Å². The largest absolute Gasteiger partial charge is 0.378 e. The highest BCUT2D eigenvalue weighted by Gasteiger charge is 2.19. The van der Waals surface area contributed by atoms with Crippen LogP contribution in [0.4, 0.5) is 11.4 Å². The van der Waals surface area contributed by atoms with Gasteiger partial charge in [0.2, 0.25) is 0 Å². The van der Waals surface area contributed by atoms with Crippen LogP contribution in [0.1, 0.15) is 43.0 Å². The third kappa shape index (κ3) is 6.25. The second-order valence-electron chi connectivity index (χ2n) is 7.52. The number of nitro groups is 1. The van der Waals surface area contributed by atoms with E-state index in [1.54, 1.807) is 0 Å². The van der Waals surface area contributed by atoms with Gasteiger partial charge in [0.05, 0.1) is 15.9 Å². The molecule has 1 amide bonds. The smallest absolute Gasteiger partial charge is 0.270 e. The van der Waals surface area contributed by atoms with Gasteiger partial charge in [0.15, 0.2) is 0 Å². The van der Waals surface area contributed by atoms with E-state index >= 15 is 0 Å². The number of anilines is 1. The zero-order valence-corrected chi connectivity index (χ0v) is 17.9. The molecule has 1 aliphatic heterocycles. The lowest BCUT2D eigenvalue weighted by Crippen LogP contribution is -2.33. The van der Waals surface area contributed by atoms with Gasteiger partial charge in [-0.05, 0) is 62.9 Å². The summed E-state index contributed by atoms with van der Waals surface area (Å²) < 4.78 is 33.0. The molecule has 0 spiro atoms. The molecule has 10 heteroatoms. The summed E-state index contributed by atoms with van der Waals surface area (Å²) in [6.07, 6.45) is 4.15. The van der Waals surface area contributed by atoms with Gasteiger partial charge in [0.1, 0.15) is 0 Å². The molecular weight excluding hydrogens is 422 g/mol. The third-order valence-electron chi connectivity index (χ3n) is 5.06. The lowest BCUT2D eigenvalue weighted by Gasteiger charge is -2.16. The normalized spacial score (nSPS) is 17.1. The molecule has 0 bridgehead atoms. The monoisotopic (exact) mass is 447 g/mol. The molecule has 2 atom stereocenters. The molecule has 2 unspecified atom stereocenters. The maximum Gasteiger partial charge on any atom is 0.270 e. The maximum atomic E-state index is 12.5. The van der Waals surface area contributed by atoms with E-state index in [0.717, 1.165) is 38.4 Å². The van der Waals surface area contributed by atoms with Crippen LogP contribution >= 0.6 is 0 Å². The topological polar surface area (TPSA) is 128 Å². The number of benzene rings is 2. The van der Waals surface area contributed by atoms with Gasteiger partial charge in [0.25, 0.3) is 21.6 Å². The first kappa shape index (κ1) is 22.7. The number of amides is 1. The van der Waals surface area contributed by atoms with Crippen LogP contribution < -0.4 is 10.0 Å². The Labute approximate surface area is 181 Å². The molecule has 1 aliphatic rings. The van der Waals surface area contributed by atoms with E-state index in [9.17, 15) is 23.3 Å². The van der Waals surface area contributed by atoms with Crippen molar-refractivity contribution in [3.8, 4) is 0 Å². The number of carbonyl (C=O) groups is 1. The number of carbonyl (C=O) groups excluding carboxylic acids is 1. The van der Waals surface area contributed by atoms with Crippen molar-refractivity contribution in [1.82, 2.24) is 5.32 Å². The van der Waals surface area contributed by atoms with Gasteiger partial charge in [-0.15, -0.1) is 0 Å². The summed E-state index contributed by atoms with van der Waals surface area (Å²) in [5, 5.41) is 13.8. The molecule has 166 valence electrons. The molecule has 1 saturated heterocycles. The Bertz CT molecular complexity index is 1030. The third-order valence-corrected chi connectivity index (χ3v) is 6.44. The first-order chi connectivity index (χ1) is 14.7. The Morgan fingerprint density at radius 2 is 2.00 bits per heavy atom. The number of ether oxygens (including phenoxy) is 1. The zero-order chi connectivity index (χ0) is 22.4. The van der Waals surface area contributed by atoms with E-state index in [0.29, 0.717) is 5.56 Å². The van der Waals surface area contributed by atoms with Crippen LogP contribution in [0.25, 0.3) is 0 Å². The fourth-order valence-corrected chi connectivity index (χ4v) is 4.45. The van der Waals surface area contributed by atoms with Gasteiger partial charge in [-0.2, -0.15) is 0 Å². The van der Waals surface area contributed by atoms with Gasteiger partial charge < -0.3 is 10.1 Å². The number of hydrogen-bond acceptors (Lipinski definition) is 6. The molecule has 2 aromatic rings. The molecular formula is C21H25N3O6S. The second kappa shape index (κ2) is 9.88. The molecule has 0 saturated carbocycles. The Morgan fingerprint density at radius 1 is 1.26 bits per heavy atom. The van der Waals surface area contributed by atoms with Crippen molar-refractivity contribution in [2.45, 2.75) is 49.6 Å². The first-order valence-electron chi connectivity index (χ1n) is 10.0. The van der Waals surface area contributed by atoms with Gasteiger partial charge >= 0.3 is 0 Å². The van der Waals surface area contributed by atoms with Gasteiger partial charge in [-0.1, -0.05) is 6.07 Å². The van der Waals surface area contributed by atoms with E-state index in [1.807, 2.05) is 6.92 Å². The highest BCUT2D eigenvalue weighted by atomic mass is 32.2. The molecule has 0 radical (unpaired) electrons. The van der Waals surface area contributed by atoms with Crippen LogP contribution in [0.15, 0.2) is 53.4 Å². The Kier molecular flexibility index (Phi) is 7.24. The summed E-state index contributed by atoms with van der Waals surface area (Å²) in [5.74, 6) is -0.243. The van der Waals surface area contributed by atoms with Crippen LogP contribution in [-0.2, 0) is 14.8 Å². The summed E-state index contributed by atoms with van der Waals surface area (Å²) in [7, 11) is -4.00. The summed E-state index contributed by atoms with van der Waals surface area (Å²) in [5.41, 5.74) is 0.334. The average molecular weight is 448 g/mol. The maximum absolute atomic E-state index is 12.5. The predicted molar refractivity (Wildman–Crippen MR) is 115 cm³/mol. The summed E-state index contributed by atoms with van der Waals surface area (Å²) in [6.45, 7) is 2.75. The summed E-state index contributed by atoms with van der Waals surface area (Å²) in [4.78, 5) is 22.4. The molecule has 2 aromatic carbocycles. The number of non-ortho nitro benzene ring substituents is 1. The van der Waals surface area contributed by atoms with E-state index in [2.05, 4.69) is 10.0 Å². The minimum atomic E-state index is -4.00. The number of hydrogen-bond donors (Lipinski definition) is 2. The molecule has 9 nitrogen and oxygen atoms in total. The van der Waals surface area contributed by atoms with Crippen molar-refractivity contribution in [3.63, 3.8) is 0 Å². The van der Waals surface area contributed by atoms with Crippen molar-refractivity contribution in [3.05, 3.63) is 64.2 Å². The van der Waals surface area contributed by atoms with Crippen molar-refractivity contribution in [2.24, 2.45) is 0 Å². The predicted octanol–water partition coefficient (Wildman–Crippen LogP) is 3.47. The van der Waals surface area contributed by atoms with E-state index < -0.39 is 14.9 Å². The van der Waals surface area contributed by atoms with Crippen LogP contribution in [0.5, 0.6) is 0 Å². The van der Waals surface area contributed by atoms with Crippen molar-refractivity contribution in [1.29, 1.82) is 0 Å². The summed E-state index contributed by atoms with van der Waals surface area (Å²) >= 11 is 0. The lowest BCUT2D eigenvalue weighted by molar-refractivity contribution is -0.385. The molecule has 1 fully saturated rings. The molecule has 31 heavy (non-hydrogen) atoms. The van der Waals surface area contributed by atoms with Crippen LogP contribution in [0.2, 0.25) is 0 Å². The number of nitrogens with one attached hydrogen (secondary N) is 2. The summed E-state index contributed by atoms with van der Waals surface area (Å²) in [6, 6.07) is 10.8. The standard InChI is InChI=1S/C21H25N3O6S/c1-15(7-12-19-5-3-13-30-19)22-21(25)16-8-10-17(11-9-16)23-31(28,29)20-6-2-4-18(14-20)24(26)27/h2,4,6,8-11,14-15,19,23H,3,5,7,12-13H2,1H3,(H,22,25). The highest BCUT2D eigenvalue weighted by Crippen LogP contribution is 2.21. The van der Waals surface area contributed by atoms with Gasteiger partial charge in [-0.3, -0.25) is 19.6 Å². The highest BCUT2D eigenvalue weighted by molar-refractivity contribution is 7.92. The second-order valence-corrected chi connectivity index (χ2v) is 9.21. The number of rotatable bonds is 9. The van der Waals surface area contributed by atoms with E-state index in [4.69, 9.17) is 4.74 Å². The Hall–Kier alpha value is -2.98. The van der Waals surface area contributed by atoms with E-state index in [-0.39, 0.29) is 34.3 Å². The van der Waals surface area contributed by atoms with Crippen molar-refractivity contribution >= 4 is 27.3 Å². The molecule has 2 N–H and O–H groups in total. The fraction of sp³-hybridized carbons (Fsp3) is 0.381. The molecule has 1 heterocycles. The van der Waals surface area contributed by atoms with E-state index in [1.165, 1.54) is 42.5 Å². The number of nitrogens with zero attached hydrogens (tertiary/aromatic N) is 1. The van der Waals surface area contributed by atoms with Crippen molar-refractivity contribution < 1.29 is 22.9 Å². The Balaban J connectivity index is 1.58. The fourth-order valence-electron chi connectivity index (χ4n) is 3.36. The zero-order valence-electron chi connectivity index (χ0n) is 17.1. The van der Waals surface area contributed by atoms with Crippen LogP contribution in [0.3, 0.4) is 0 Å². The number of sulfonamides is 1. The van der Waals surface area contributed by atoms with Gasteiger partial charge in [0, 0.05) is 36.0 Å². The average Bonchev–Trinajstić information content (AvgIpc) is 3.26. The van der Waals surface area contributed by atoms with Gasteiger partial charge in [-0.25, -0.2) is 8.42 Å². The molecule has 0 aromatic heterocycles. The quantitative estimate of drug-likeness (QED) is 0.447. The van der Waals surface area contributed by atoms with Crippen LogP contribution in [0, 0.1) is 10.1 Å². The Morgan fingerprint density at radius 3 is 2.65 bits per heavy atom. The molecule has 0 aliphatic carbocycles. The lowest BCUT2D eigenvalue weighted by atomic mass is 10.1. The number of nitro benzene ring substituents is 1. The SMILES string of the molecule is CC(CCC1CCCO1)NC(=O)c1ccc(NS(=O)(=O)c2cccc([N+](=O)[O-])c2)cc1. The van der Waals surface area contributed by atoms with Crippen molar-refractivity contribution in [2.75, 3.05) is 11.3 Å².